The molecule has 2 rings (SSSR count). The Balaban J connectivity index is 2.17. The van der Waals surface area contributed by atoms with E-state index in [0.717, 1.165) is 16.7 Å². The van der Waals surface area contributed by atoms with E-state index in [-0.39, 0.29) is 24.5 Å². The summed E-state index contributed by atoms with van der Waals surface area (Å²) in [4.78, 5) is 27.1. The van der Waals surface area contributed by atoms with E-state index in [1.165, 1.54) is 0 Å². The highest BCUT2D eigenvalue weighted by Gasteiger charge is 2.27. The molecular weight excluding hydrogens is 352 g/mol. The van der Waals surface area contributed by atoms with Gasteiger partial charge < -0.3 is 15.0 Å². The molecule has 1 atom stereocenters. The van der Waals surface area contributed by atoms with Crippen molar-refractivity contribution in [3.8, 4) is 5.75 Å². The Morgan fingerprint density at radius 3 is 2.39 bits per heavy atom. The van der Waals surface area contributed by atoms with Crippen molar-refractivity contribution in [1.82, 2.24) is 10.2 Å². The third-order valence-corrected chi connectivity index (χ3v) is 4.48. The summed E-state index contributed by atoms with van der Waals surface area (Å²) >= 11 is 0. The van der Waals surface area contributed by atoms with Crippen LogP contribution in [0.2, 0.25) is 0 Å². The molecule has 0 aliphatic heterocycles. The first kappa shape index (κ1) is 21.5. The van der Waals surface area contributed by atoms with Crippen LogP contribution in [0.25, 0.3) is 0 Å². The minimum Gasteiger partial charge on any atom is -0.484 e. The number of hydrogen-bond donors (Lipinski definition) is 1. The van der Waals surface area contributed by atoms with Crippen LogP contribution in [-0.2, 0) is 16.1 Å². The lowest BCUT2D eigenvalue weighted by Gasteiger charge is -2.29. The smallest absolute Gasteiger partial charge is 0.261 e. The second-order valence-corrected chi connectivity index (χ2v) is 7.40. The molecular formula is C23H30N2O3. The van der Waals surface area contributed by atoms with Crippen molar-refractivity contribution in [2.45, 2.75) is 53.2 Å². The van der Waals surface area contributed by atoms with Gasteiger partial charge in [-0.25, -0.2) is 0 Å². The molecule has 5 heteroatoms. The molecule has 1 N–H and O–H groups in total. The van der Waals surface area contributed by atoms with Gasteiger partial charge >= 0.3 is 0 Å². The van der Waals surface area contributed by atoms with E-state index in [0.29, 0.717) is 12.3 Å². The van der Waals surface area contributed by atoms with Crippen molar-refractivity contribution >= 4 is 11.8 Å². The number of para-hydroxylation sites is 1. The zero-order chi connectivity index (χ0) is 20.7. The molecule has 28 heavy (non-hydrogen) atoms. The lowest BCUT2D eigenvalue weighted by molar-refractivity contribution is -0.142. The molecule has 150 valence electrons. The summed E-state index contributed by atoms with van der Waals surface area (Å²) in [7, 11) is 0. The Hall–Kier alpha value is -2.82. The number of rotatable bonds is 8. The van der Waals surface area contributed by atoms with Crippen molar-refractivity contribution in [3.63, 3.8) is 0 Å². The third-order valence-electron chi connectivity index (χ3n) is 4.48. The van der Waals surface area contributed by atoms with Gasteiger partial charge in [-0.3, -0.25) is 9.59 Å². The van der Waals surface area contributed by atoms with Crippen LogP contribution in [0.3, 0.4) is 0 Å². The van der Waals surface area contributed by atoms with Crippen LogP contribution >= 0.6 is 0 Å². The minimum atomic E-state index is -0.601. The average molecular weight is 383 g/mol. The van der Waals surface area contributed by atoms with E-state index >= 15 is 0 Å². The van der Waals surface area contributed by atoms with Crippen molar-refractivity contribution in [2.24, 2.45) is 0 Å². The predicted octanol–water partition coefficient (Wildman–Crippen LogP) is 3.62. The van der Waals surface area contributed by atoms with Gasteiger partial charge in [0.1, 0.15) is 11.8 Å². The highest BCUT2D eigenvalue weighted by molar-refractivity contribution is 5.88. The SMILES string of the molecule is Cc1cccc(CN(C(=O)COc2ccccc2C)[C@@H](C)C(=O)NC(C)C)c1. The standard InChI is InChI=1S/C23H30N2O3/c1-16(2)24-23(27)19(5)25(14-20-11-8-9-17(3)13-20)22(26)15-28-21-12-7-6-10-18(21)4/h6-13,16,19H,14-15H2,1-5H3,(H,24,27)/t19-/m0/s1. The molecule has 0 bridgehead atoms. The first-order valence-electron chi connectivity index (χ1n) is 9.61. The van der Waals surface area contributed by atoms with Crippen molar-refractivity contribution in [1.29, 1.82) is 0 Å². The maximum atomic E-state index is 13.0. The number of aryl methyl sites for hydroxylation is 2. The van der Waals surface area contributed by atoms with Gasteiger partial charge in [0.2, 0.25) is 5.91 Å². The second kappa shape index (κ2) is 9.93. The Morgan fingerprint density at radius 2 is 1.75 bits per heavy atom. The zero-order valence-electron chi connectivity index (χ0n) is 17.4. The Labute approximate surface area is 167 Å². The van der Waals surface area contributed by atoms with Crippen LogP contribution in [0.15, 0.2) is 48.5 Å². The van der Waals surface area contributed by atoms with E-state index in [2.05, 4.69) is 5.32 Å². The van der Waals surface area contributed by atoms with Crippen LogP contribution in [0, 0.1) is 13.8 Å². The Kier molecular flexibility index (Phi) is 7.61. The van der Waals surface area contributed by atoms with Gasteiger partial charge in [-0.2, -0.15) is 0 Å². The molecule has 0 spiro atoms. The minimum absolute atomic E-state index is 0.00842. The van der Waals surface area contributed by atoms with Crippen molar-refractivity contribution < 1.29 is 14.3 Å². The van der Waals surface area contributed by atoms with Gasteiger partial charge in [-0.15, -0.1) is 0 Å². The molecule has 0 saturated carbocycles. The van der Waals surface area contributed by atoms with E-state index in [9.17, 15) is 9.59 Å². The summed E-state index contributed by atoms with van der Waals surface area (Å²) in [5.74, 6) is 0.272. The number of hydrogen-bond acceptors (Lipinski definition) is 3. The van der Waals surface area contributed by atoms with Gasteiger partial charge in [0.05, 0.1) is 0 Å². The molecule has 0 heterocycles. The lowest BCUT2D eigenvalue weighted by Crippen LogP contribution is -2.50. The lowest BCUT2D eigenvalue weighted by atomic mass is 10.1. The summed E-state index contributed by atoms with van der Waals surface area (Å²) in [6, 6.07) is 14.9. The monoisotopic (exact) mass is 382 g/mol. The van der Waals surface area contributed by atoms with E-state index in [4.69, 9.17) is 4.74 Å². The molecule has 0 aromatic heterocycles. The summed E-state index contributed by atoms with van der Waals surface area (Å²) in [5, 5.41) is 2.88. The number of benzene rings is 2. The van der Waals surface area contributed by atoms with Gasteiger partial charge in [-0.05, 0) is 51.8 Å². The van der Waals surface area contributed by atoms with E-state index in [1.54, 1.807) is 11.8 Å². The molecule has 0 aliphatic rings. The molecule has 0 radical (unpaired) electrons. The van der Waals surface area contributed by atoms with Crippen molar-refractivity contribution in [3.05, 3.63) is 65.2 Å². The highest BCUT2D eigenvalue weighted by Crippen LogP contribution is 2.17. The average Bonchev–Trinajstić information content (AvgIpc) is 2.64. The molecule has 0 saturated heterocycles. The number of nitrogens with one attached hydrogen (secondary N) is 1. The van der Waals surface area contributed by atoms with Crippen molar-refractivity contribution in [2.75, 3.05) is 6.61 Å². The van der Waals surface area contributed by atoms with Crippen LogP contribution < -0.4 is 10.1 Å². The van der Waals surface area contributed by atoms with Crippen LogP contribution in [-0.4, -0.2) is 35.4 Å². The zero-order valence-corrected chi connectivity index (χ0v) is 17.4. The first-order chi connectivity index (χ1) is 13.3. The number of ether oxygens (including phenoxy) is 1. The molecule has 0 fully saturated rings. The van der Waals surface area contributed by atoms with E-state index < -0.39 is 6.04 Å². The number of amides is 2. The number of carbonyl (C=O) groups excluding carboxylic acids is 2. The van der Waals surface area contributed by atoms with Gasteiger partial charge in [0.15, 0.2) is 6.61 Å². The topological polar surface area (TPSA) is 58.6 Å². The normalized spacial score (nSPS) is 11.8. The first-order valence-corrected chi connectivity index (χ1v) is 9.61. The van der Waals surface area contributed by atoms with Gasteiger partial charge in [0, 0.05) is 12.6 Å². The summed E-state index contributed by atoms with van der Waals surface area (Å²) in [6.07, 6.45) is 0. The molecule has 5 nitrogen and oxygen atoms in total. The second-order valence-electron chi connectivity index (χ2n) is 7.40. The van der Waals surface area contributed by atoms with Gasteiger partial charge in [-0.1, -0.05) is 48.0 Å². The maximum Gasteiger partial charge on any atom is 0.261 e. The quantitative estimate of drug-likeness (QED) is 0.759. The number of carbonyl (C=O) groups is 2. The molecule has 2 aromatic rings. The van der Waals surface area contributed by atoms with E-state index in [1.807, 2.05) is 76.2 Å². The highest BCUT2D eigenvalue weighted by atomic mass is 16.5. The van der Waals surface area contributed by atoms with Crippen LogP contribution in [0.1, 0.15) is 37.5 Å². The molecule has 0 unspecified atom stereocenters. The number of nitrogens with zero attached hydrogens (tertiary/aromatic N) is 1. The van der Waals surface area contributed by atoms with Crippen LogP contribution in [0.4, 0.5) is 0 Å². The predicted molar refractivity (Wildman–Crippen MR) is 111 cm³/mol. The molecule has 2 amide bonds. The third kappa shape index (κ3) is 6.12. The fourth-order valence-corrected chi connectivity index (χ4v) is 2.94. The summed E-state index contributed by atoms with van der Waals surface area (Å²) in [5.41, 5.74) is 3.06. The summed E-state index contributed by atoms with van der Waals surface area (Å²) < 4.78 is 5.73. The fraction of sp³-hybridized carbons (Fsp3) is 0.391. The van der Waals surface area contributed by atoms with Gasteiger partial charge in [0.25, 0.3) is 5.91 Å². The van der Waals surface area contributed by atoms with Crippen LogP contribution in [0.5, 0.6) is 5.75 Å². The molecule has 2 aromatic carbocycles. The fourth-order valence-electron chi connectivity index (χ4n) is 2.94. The largest absolute Gasteiger partial charge is 0.484 e. The molecule has 0 aliphatic carbocycles. The summed E-state index contributed by atoms with van der Waals surface area (Å²) in [6.45, 7) is 9.73. The maximum absolute atomic E-state index is 13.0. The Morgan fingerprint density at radius 1 is 1.04 bits per heavy atom. The Bertz CT molecular complexity index is 817.